The molecule has 0 aliphatic heterocycles. The lowest BCUT2D eigenvalue weighted by atomic mass is 10.0. The van der Waals surface area contributed by atoms with Gasteiger partial charge in [-0.05, 0) is 32.2 Å². The van der Waals surface area contributed by atoms with Crippen molar-refractivity contribution in [2.24, 2.45) is 0 Å². The zero-order chi connectivity index (χ0) is 13.3. The van der Waals surface area contributed by atoms with Crippen molar-refractivity contribution in [1.29, 1.82) is 0 Å². The van der Waals surface area contributed by atoms with Gasteiger partial charge < -0.3 is 4.98 Å². The monoisotopic (exact) mass is 279 g/mol. The summed E-state index contributed by atoms with van der Waals surface area (Å²) in [5, 5.41) is 0.493. The van der Waals surface area contributed by atoms with Crippen LogP contribution in [0, 0.1) is 13.8 Å². The quantitative estimate of drug-likeness (QED) is 0.673. The number of carbonyl (C=O) groups is 1. The Morgan fingerprint density at radius 2 is 1.89 bits per heavy atom. The SMILES string of the molecule is CSc1c(C)[nH]c(C)c1C(=O)c1ccccc1Cl. The minimum absolute atomic E-state index is 0.0215. The summed E-state index contributed by atoms with van der Waals surface area (Å²) < 4.78 is 0. The zero-order valence-corrected chi connectivity index (χ0v) is 12.1. The molecule has 0 saturated heterocycles. The number of ketones is 1. The van der Waals surface area contributed by atoms with Crippen molar-refractivity contribution < 1.29 is 4.79 Å². The number of H-pyrrole nitrogens is 1. The maximum Gasteiger partial charge on any atom is 0.197 e. The van der Waals surface area contributed by atoms with Crippen molar-refractivity contribution in [3.63, 3.8) is 0 Å². The van der Waals surface area contributed by atoms with Crippen LogP contribution in [0.15, 0.2) is 29.2 Å². The second kappa shape index (κ2) is 5.21. The smallest absolute Gasteiger partial charge is 0.197 e. The molecular weight excluding hydrogens is 266 g/mol. The molecule has 18 heavy (non-hydrogen) atoms. The normalized spacial score (nSPS) is 10.7. The van der Waals surface area contributed by atoms with E-state index in [1.165, 1.54) is 0 Å². The van der Waals surface area contributed by atoms with Crippen LogP contribution in [-0.4, -0.2) is 17.0 Å². The number of hydrogen-bond acceptors (Lipinski definition) is 2. The maximum absolute atomic E-state index is 12.6. The van der Waals surface area contributed by atoms with Gasteiger partial charge >= 0.3 is 0 Å². The molecule has 0 aliphatic rings. The first-order valence-corrected chi connectivity index (χ1v) is 7.19. The van der Waals surface area contributed by atoms with Gasteiger partial charge in [-0.25, -0.2) is 0 Å². The van der Waals surface area contributed by atoms with E-state index in [2.05, 4.69) is 4.98 Å². The molecule has 0 atom stereocenters. The molecule has 0 unspecified atom stereocenters. The molecule has 2 aromatic rings. The van der Waals surface area contributed by atoms with Crippen LogP contribution in [0.25, 0.3) is 0 Å². The first kappa shape index (κ1) is 13.2. The molecule has 0 bridgehead atoms. The number of aromatic nitrogens is 1. The third kappa shape index (κ3) is 2.20. The lowest BCUT2D eigenvalue weighted by Crippen LogP contribution is -2.04. The Labute approximate surface area is 116 Å². The van der Waals surface area contributed by atoms with Gasteiger partial charge in [0.2, 0.25) is 0 Å². The van der Waals surface area contributed by atoms with Crippen LogP contribution >= 0.6 is 23.4 Å². The molecule has 1 heterocycles. The summed E-state index contributed by atoms with van der Waals surface area (Å²) in [6.07, 6.45) is 1.97. The van der Waals surface area contributed by atoms with Gasteiger partial charge in [0.25, 0.3) is 0 Å². The third-order valence-electron chi connectivity index (χ3n) is 2.87. The van der Waals surface area contributed by atoms with Gasteiger partial charge in [-0.2, -0.15) is 0 Å². The van der Waals surface area contributed by atoms with Gasteiger partial charge in [0.1, 0.15) is 0 Å². The average Bonchev–Trinajstić information content (AvgIpc) is 2.63. The average molecular weight is 280 g/mol. The van der Waals surface area contributed by atoms with Crippen LogP contribution < -0.4 is 0 Å². The zero-order valence-electron chi connectivity index (χ0n) is 10.5. The standard InChI is InChI=1S/C14H14ClNOS/c1-8-12(14(18-3)9(2)16-8)13(17)10-6-4-5-7-11(10)15/h4-7,16H,1-3H3. The van der Waals surface area contributed by atoms with Gasteiger partial charge in [0.15, 0.2) is 5.78 Å². The molecule has 4 heteroatoms. The molecule has 2 nitrogen and oxygen atoms in total. The first-order valence-electron chi connectivity index (χ1n) is 5.58. The molecule has 2 rings (SSSR count). The number of rotatable bonds is 3. The van der Waals surface area contributed by atoms with Crippen LogP contribution in [0.5, 0.6) is 0 Å². The summed E-state index contributed by atoms with van der Waals surface area (Å²) in [5.41, 5.74) is 3.20. The van der Waals surface area contributed by atoms with E-state index in [0.29, 0.717) is 10.6 Å². The second-order valence-corrected chi connectivity index (χ2v) is 5.32. The Balaban J connectivity index is 2.57. The number of benzene rings is 1. The highest BCUT2D eigenvalue weighted by molar-refractivity contribution is 7.98. The number of aryl methyl sites for hydroxylation is 2. The largest absolute Gasteiger partial charge is 0.361 e. The van der Waals surface area contributed by atoms with Crippen molar-refractivity contribution in [3.8, 4) is 0 Å². The highest BCUT2D eigenvalue weighted by Crippen LogP contribution is 2.30. The Morgan fingerprint density at radius 1 is 1.22 bits per heavy atom. The topological polar surface area (TPSA) is 32.9 Å². The molecule has 0 fully saturated rings. The van der Waals surface area contributed by atoms with E-state index < -0.39 is 0 Å². The second-order valence-electron chi connectivity index (χ2n) is 4.09. The lowest BCUT2D eigenvalue weighted by Gasteiger charge is -2.05. The summed E-state index contributed by atoms with van der Waals surface area (Å²) in [6.45, 7) is 3.89. The van der Waals surface area contributed by atoms with Crippen LogP contribution in [0.1, 0.15) is 27.3 Å². The van der Waals surface area contributed by atoms with Crippen LogP contribution in [0.4, 0.5) is 0 Å². The maximum atomic E-state index is 12.6. The number of carbonyl (C=O) groups excluding carboxylic acids is 1. The van der Waals surface area contributed by atoms with Gasteiger partial charge in [-0.1, -0.05) is 23.7 Å². The molecule has 0 saturated carbocycles. The Morgan fingerprint density at radius 3 is 2.50 bits per heavy atom. The van der Waals surface area contributed by atoms with Crippen LogP contribution in [0.3, 0.4) is 0 Å². The van der Waals surface area contributed by atoms with Crippen molar-refractivity contribution in [1.82, 2.24) is 4.98 Å². The van der Waals surface area contributed by atoms with E-state index in [4.69, 9.17) is 11.6 Å². The molecule has 0 radical (unpaired) electrons. The van der Waals surface area contributed by atoms with Gasteiger partial charge in [0.05, 0.1) is 10.6 Å². The molecular formula is C14H14ClNOS. The number of nitrogens with one attached hydrogen (secondary N) is 1. The summed E-state index contributed by atoms with van der Waals surface area (Å²) in [7, 11) is 0. The fourth-order valence-electron chi connectivity index (χ4n) is 2.07. The molecule has 1 N–H and O–H groups in total. The van der Waals surface area contributed by atoms with E-state index >= 15 is 0 Å². The summed E-state index contributed by atoms with van der Waals surface area (Å²) in [6, 6.07) is 7.15. The van der Waals surface area contributed by atoms with E-state index in [0.717, 1.165) is 21.8 Å². The van der Waals surface area contributed by atoms with Crippen molar-refractivity contribution >= 4 is 29.1 Å². The lowest BCUT2D eigenvalue weighted by molar-refractivity contribution is 0.103. The van der Waals surface area contributed by atoms with E-state index in [-0.39, 0.29) is 5.78 Å². The predicted molar refractivity (Wildman–Crippen MR) is 76.9 cm³/mol. The van der Waals surface area contributed by atoms with Crippen molar-refractivity contribution in [2.45, 2.75) is 18.7 Å². The molecule has 0 aliphatic carbocycles. The molecule has 1 aromatic carbocycles. The summed E-state index contributed by atoms with van der Waals surface area (Å²) >= 11 is 7.66. The van der Waals surface area contributed by atoms with E-state index in [9.17, 15) is 4.79 Å². The highest BCUT2D eigenvalue weighted by atomic mass is 35.5. The fourth-order valence-corrected chi connectivity index (χ4v) is 3.10. The van der Waals surface area contributed by atoms with Crippen molar-refractivity contribution in [2.75, 3.05) is 6.26 Å². The number of halogens is 1. The third-order valence-corrected chi connectivity index (χ3v) is 4.12. The molecule has 0 spiro atoms. The summed E-state index contributed by atoms with van der Waals surface area (Å²) in [4.78, 5) is 16.8. The Hall–Kier alpha value is -1.19. The first-order chi connectivity index (χ1) is 8.56. The molecule has 0 amide bonds. The predicted octanol–water partition coefficient (Wildman–Crippen LogP) is 4.24. The fraction of sp³-hybridized carbons (Fsp3) is 0.214. The van der Waals surface area contributed by atoms with Crippen LogP contribution in [0.2, 0.25) is 5.02 Å². The Kier molecular flexibility index (Phi) is 3.83. The van der Waals surface area contributed by atoms with Gasteiger partial charge in [0, 0.05) is 21.8 Å². The highest BCUT2D eigenvalue weighted by Gasteiger charge is 2.21. The van der Waals surface area contributed by atoms with Gasteiger partial charge in [-0.15, -0.1) is 11.8 Å². The van der Waals surface area contributed by atoms with E-state index in [1.54, 1.807) is 23.9 Å². The number of aromatic amines is 1. The molecule has 1 aromatic heterocycles. The number of hydrogen-bond donors (Lipinski definition) is 1. The van der Waals surface area contributed by atoms with E-state index in [1.807, 2.05) is 32.2 Å². The Bertz CT molecular complexity index is 604. The number of thioether (sulfide) groups is 1. The minimum atomic E-state index is -0.0215. The van der Waals surface area contributed by atoms with Gasteiger partial charge in [-0.3, -0.25) is 4.79 Å². The molecule has 94 valence electrons. The van der Waals surface area contributed by atoms with Crippen molar-refractivity contribution in [3.05, 3.63) is 51.8 Å². The van der Waals surface area contributed by atoms with Crippen LogP contribution in [-0.2, 0) is 0 Å². The summed E-state index contributed by atoms with van der Waals surface area (Å²) in [5.74, 6) is -0.0215. The minimum Gasteiger partial charge on any atom is -0.361 e.